The molecule has 0 aromatic heterocycles. The largest absolute Gasteiger partial charge is 0.444 e. The Morgan fingerprint density at radius 2 is 1.18 bits per heavy atom. The predicted molar refractivity (Wildman–Crippen MR) is 167 cm³/mol. The number of alkyl carbamates (subject to hydrolysis) is 1. The van der Waals surface area contributed by atoms with Crippen LogP contribution in [-0.4, -0.2) is 58.8 Å². The summed E-state index contributed by atoms with van der Waals surface area (Å²) in [6.45, 7) is 6.81. The standard InChI is InChI=1S/C34H42N4O6/c1-23(36-33(43)44-34(2,3)4)30(40)38-28(21-25-16-10-6-11-17-25)31(41)37-27(20-24-14-8-5-9-15-24)29(39)32(42)35-22-26-18-12-7-13-19-26/h5-19,23,27-29,39H,20-22H2,1-4H3,(H,35,42)(H,36,43)(H,37,41)(H,38,40)/t23-,27?,28-,29?/m0/s1. The summed E-state index contributed by atoms with van der Waals surface area (Å²) in [6.07, 6.45) is -2.05. The second kappa shape index (κ2) is 16.2. The first-order valence-corrected chi connectivity index (χ1v) is 14.6. The second-order valence-electron chi connectivity index (χ2n) is 11.6. The maximum absolute atomic E-state index is 13.7. The van der Waals surface area contributed by atoms with Gasteiger partial charge in [0.05, 0.1) is 6.04 Å². The average molecular weight is 603 g/mol. The van der Waals surface area contributed by atoms with Crippen LogP contribution in [0.2, 0.25) is 0 Å². The number of hydrogen-bond acceptors (Lipinski definition) is 6. The summed E-state index contributed by atoms with van der Waals surface area (Å²) in [7, 11) is 0. The Labute approximate surface area is 258 Å². The zero-order valence-electron chi connectivity index (χ0n) is 25.6. The molecule has 0 heterocycles. The van der Waals surface area contributed by atoms with Crippen LogP contribution in [-0.2, 0) is 38.5 Å². The van der Waals surface area contributed by atoms with Crippen LogP contribution in [0, 0.1) is 0 Å². The molecule has 234 valence electrons. The molecule has 10 nitrogen and oxygen atoms in total. The Morgan fingerprint density at radius 3 is 1.70 bits per heavy atom. The van der Waals surface area contributed by atoms with E-state index < -0.39 is 53.6 Å². The number of amides is 4. The Balaban J connectivity index is 1.77. The summed E-state index contributed by atoms with van der Waals surface area (Å²) in [5, 5.41) is 21.8. The average Bonchev–Trinajstić information content (AvgIpc) is 2.99. The monoisotopic (exact) mass is 602 g/mol. The first kappa shape index (κ1) is 33.8. The van der Waals surface area contributed by atoms with Crippen molar-refractivity contribution in [3.8, 4) is 0 Å². The van der Waals surface area contributed by atoms with Crippen LogP contribution in [0.4, 0.5) is 4.79 Å². The molecule has 0 fully saturated rings. The fraction of sp³-hybridized carbons (Fsp3) is 0.353. The molecule has 0 saturated carbocycles. The lowest BCUT2D eigenvalue weighted by molar-refractivity contribution is -0.134. The van der Waals surface area contributed by atoms with Gasteiger partial charge in [-0.2, -0.15) is 0 Å². The summed E-state index contributed by atoms with van der Waals surface area (Å²) in [4.78, 5) is 52.1. The molecule has 0 bridgehead atoms. The summed E-state index contributed by atoms with van der Waals surface area (Å²) >= 11 is 0. The van der Waals surface area contributed by atoms with Crippen molar-refractivity contribution in [1.82, 2.24) is 21.3 Å². The van der Waals surface area contributed by atoms with Crippen molar-refractivity contribution in [3.63, 3.8) is 0 Å². The quantitative estimate of drug-likeness (QED) is 0.203. The zero-order valence-corrected chi connectivity index (χ0v) is 25.6. The van der Waals surface area contributed by atoms with E-state index in [1.54, 1.807) is 20.8 Å². The Kier molecular flexibility index (Phi) is 12.5. The van der Waals surface area contributed by atoms with Crippen molar-refractivity contribution in [2.45, 2.75) is 76.9 Å². The van der Waals surface area contributed by atoms with E-state index in [0.717, 1.165) is 16.7 Å². The van der Waals surface area contributed by atoms with Crippen molar-refractivity contribution in [3.05, 3.63) is 108 Å². The fourth-order valence-corrected chi connectivity index (χ4v) is 4.37. The third kappa shape index (κ3) is 11.5. The van der Waals surface area contributed by atoms with E-state index in [-0.39, 0.29) is 19.4 Å². The zero-order chi connectivity index (χ0) is 32.1. The van der Waals surface area contributed by atoms with E-state index in [1.165, 1.54) is 6.92 Å². The van der Waals surface area contributed by atoms with Crippen LogP contribution < -0.4 is 21.3 Å². The van der Waals surface area contributed by atoms with E-state index in [4.69, 9.17) is 4.74 Å². The minimum absolute atomic E-state index is 0.131. The molecule has 0 aliphatic carbocycles. The molecule has 10 heteroatoms. The summed E-state index contributed by atoms with van der Waals surface area (Å²) < 4.78 is 5.24. The molecule has 0 aliphatic rings. The van der Waals surface area contributed by atoms with Gasteiger partial charge in [0.15, 0.2) is 6.10 Å². The van der Waals surface area contributed by atoms with Gasteiger partial charge in [-0.3, -0.25) is 14.4 Å². The van der Waals surface area contributed by atoms with Crippen LogP contribution in [0.15, 0.2) is 91.0 Å². The van der Waals surface area contributed by atoms with Gasteiger partial charge in [0.25, 0.3) is 5.91 Å². The highest BCUT2D eigenvalue weighted by molar-refractivity contribution is 5.92. The van der Waals surface area contributed by atoms with Gasteiger partial charge in [0.2, 0.25) is 11.8 Å². The third-order valence-electron chi connectivity index (χ3n) is 6.63. The van der Waals surface area contributed by atoms with E-state index in [2.05, 4.69) is 21.3 Å². The molecule has 0 radical (unpaired) electrons. The molecule has 3 rings (SSSR count). The van der Waals surface area contributed by atoms with Crippen LogP contribution >= 0.6 is 0 Å². The summed E-state index contributed by atoms with van der Waals surface area (Å²) in [6, 6.07) is 24.5. The Hall–Kier alpha value is -4.70. The van der Waals surface area contributed by atoms with E-state index in [9.17, 15) is 24.3 Å². The van der Waals surface area contributed by atoms with Gasteiger partial charge in [-0.05, 0) is 50.8 Å². The van der Waals surface area contributed by atoms with Gasteiger partial charge in [-0.1, -0.05) is 91.0 Å². The van der Waals surface area contributed by atoms with Gasteiger partial charge >= 0.3 is 6.09 Å². The number of aliphatic hydroxyl groups excluding tert-OH is 1. The van der Waals surface area contributed by atoms with Gasteiger partial charge in [-0.25, -0.2) is 4.79 Å². The molecule has 3 aromatic rings. The van der Waals surface area contributed by atoms with E-state index in [1.807, 2.05) is 91.0 Å². The van der Waals surface area contributed by atoms with Gasteiger partial charge < -0.3 is 31.1 Å². The first-order chi connectivity index (χ1) is 20.9. The van der Waals surface area contributed by atoms with Crippen molar-refractivity contribution < 1.29 is 29.0 Å². The summed E-state index contributed by atoms with van der Waals surface area (Å²) in [5.41, 5.74) is 1.68. The number of rotatable bonds is 13. The minimum atomic E-state index is -1.58. The van der Waals surface area contributed by atoms with Crippen LogP contribution in [0.1, 0.15) is 44.4 Å². The molecule has 4 amide bonds. The molecule has 5 N–H and O–H groups in total. The van der Waals surface area contributed by atoms with Crippen LogP contribution in [0.5, 0.6) is 0 Å². The highest BCUT2D eigenvalue weighted by Gasteiger charge is 2.32. The molecule has 0 spiro atoms. The molecule has 44 heavy (non-hydrogen) atoms. The lowest BCUT2D eigenvalue weighted by Crippen LogP contribution is -2.58. The molecule has 4 atom stereocenters. The first-order valence-electron chi connectivity index (χ1n) is 14.6. The van der Waals surface area contributed by atoms with Crippen LogP contribution in [0.25, 0.3) is 0 Å². The topological polar surface area (TPSA) is 146 Å². The lowest BCUT2D eigenvalue weighted by atomic mass is 9.99. The number of aliphatic hydroxyl groups is 1. The van der Waals surface area contributed by atoms with Gasteiger partial charge in [-0.15, -0.1) is 0 Å². The van der Waals surface area contributed by atoms with Crippen LogP contribution in [0.3, 0.4) is 0 Å². The molecule has 3 aromatic carbocycles. The third-order valence-corrected chi connectivity index (χ3v) is 6.63. The van der Waals surface area contributed by atoms with Crippen molar-refractivity contribution in [2.75, 3.05) is 0 Å². The molecular formula is C34H42N4O6. The molecule has 0 aliphatic heterocycles. The van der Waals surface area contributed by atoms with Crippen molar-refractivity contribution in [2.24, 2.45) is 0 Å². The Morgan fingerprint density at radius 1 is 0.682 bits per heavy atom. The highest BCUT2D eigenvalue weighted by Crippen LogP contribution is 2.11. The number of ether oxygens (including phenoxy) is 1. The smallest absolute Gasteiger partial charge is 0.408 e. The van der Waals surface area contributed by atoms with Gasteiger partial charge in [0, 0.05) is 13.0 Å². The maximum Gasteiger partial charge on any atom is 0.408 e. The number of carbonyl (C=O) groups is 4. The van der Waals surface area contributed by atoms with E-state index >= 15 is 0 Å². The molecule has 0 saturated heterocycles. The maximum atomic E-state index is 13.7. The summed E-state index contributed by atoms with van der Waals surface area (Å²) in [5.74, 6) is -1.84. The highest BCUT2D eigenvalue weighted by atomic mass is 16.6. The number of carbonyl (C=O) groups excluding carboxylic acids is 4. The van der Waals surface area contributed by atoms with Gasteiger partial charge in [0.1, 0.15) is 17.7 Å². The Bertz CT molecular complexity index is 1360. The molecular weight excluding hydrogens is 560 g/mol. The van der Waals surface area contributed by atoms with Crippen molar-refractivity contribution in [1.29, 1.82) is 0 Å². The molecule has 2 unspecified atom stereocenters. The number of benzene rings is 3. The van der Waals surface area contributed by atoms with E-state index in [0.29, 0.717) is 0 Å². The SMILES string of the molecule is C[C@H](NC(=O)OC(C)(C)C)C(=O)N[C@@H](Cc1ccccc1)C(=O)NC(Cc1ccccc1)C(O)C(=O)NCc1ccccc1. The number of hydrogen-bond donors (Lipinski definition) is 5. The normalized spacial score (nSPS) is 13.8. The second-order valence-corrected chi connectivity index (χ2v) is 11.6. The minimum Gasteiger partial charge on any atom is -0.444 e. The van der Waals surface area contributed by atoms with Crippen molar-refractivity contribution >= 4 is 23.8 Å². The number of nitrogens with one attached hydrogen (secondary N) is 4. The predicted octanol–water partition coefficient (Wildman–Crippen LogP) is 3.03. The lowest BCUT2D eigenvalue weighted by Gasteiger charge is -2.27. The fourth-order valence-electron chi connectivity index (χ4n) is 4.37.